The molecule has 0 aromatic carbocycles. The second-order valence-electron chi connectivity index (χ2n) is 5.50. The molecular formula is C12H26N2O. The van der Waals surface area contributed by atoms with Crippen LogP contribution in [0.25, 0.3) is 0 Å². The topological polar surface area (TPSA) is 24.5 Å². The lowest BCUT2D eigenvalue weighted by atomic mass is 9.88. The molecule has 90 valence electrons. The molecular weight excluding hydrogens is 188 g/mol. The van der Waals surface area contributed by atoms with Crippen molar-refractivity contribution in [3.05, 3.63) is 0 Å². The van der Waals surface area contributed by atoms with E-state index in [0.717, 1.165) is 39.4 Å². The minimum atomic E-state index is 0.352. The fourth-order valence-corrected chi connectivity index (χ4v) is 1.57. The Labute approximate surface area is 94.2 Å². The van der Waals surface area contributed by atoms with Crippen LogP contribution in [0, 0.1) is 5.41 Å². The van der Waals surface area contributed by atoms with E-state index in [4.69, 9.17) is 4.74 Å². The quantitative estimate of drug-likeness (QED) is 0.764. The third-order valence-corrected chi connectivity index (χ3v) is 3.28. The summed E-state index contributed by atoms with van der Waals surface area (Å²) in [5, 5.41) is 3.59. The van der Waals surface area contributed by atoms with Crippen LogP contribution in [0.3, 0.4) is 0 Å². The molecule has 0 bridgehead atoms. The third kappa shape index (κ3) is 4.96. The number of nitrogens with zero attached hydrogens (tertiary/aromatic N) is 1. The summed E-state index contributed by atoms with van der Waals surface area (Å²) in [5.41, 5.74) is 0.352. The molecule has 1 atom stereocenters. The maximum absolute atomic E-state index is 5.32. The van der Waals surface area contributed by atoms with Crippen LogP contribution in [0.15, 0.2) is 0 Å². The zero-order chi connectivity index (χ0) is 11.3. The Bertz CT molecular complexity index is 171. The molecule has 0 amide bonds. The molecule has 1 heterocycles. The van der Waals surface area contributed by atoms with Crippen molar-refractivity contribution in [1.82, 2.24) is 10.2 Å². The van der Waals surface area contributed by atoms with Gasteiger partial charge >= 0.3 is 0 Å². The van der Waals surface area contributed by atoms with Gasteiger partial charge < -0.3 is 10.1 Å². The van der Waals surface area contributed by atoms with E-state index in [1.165, 1.54) is 0 Å². The summed E-state index contributed by atoms with van der Waals surface area (Å²) in [7, 11) is 0. The highest BCUT2D eigenvalue weighted by atomic mass is 16.5. The van der Waals surface area contributed by atoms with E-state index in [-0.39, 0.29) is 0 Å². The molecule has 0 aromatic heterocycles. The highest BCUT2D eigenvalue weighted by Gasteiger charge is 2.19. The Morgan fingerprint density at radius 1 is 1.27 bits per heavy atom. The minimum absolute atomic E-state index is 0.352. The second kappa shape index (κ2) is 5.83. The molecule has 1 aliphatic heterocycles. The van der Waals surface area contributed by atoms with E-state index >= 15 is 0 Å². The predicted octanol–water partition coefficient (Wildman–Crippen LogP) is 1.34. The van der Waals surface area contributed by atoms with Gasteiger partial charge in [0.1, 0.15) is 0 Å². The SMILES string of the molecule is CC(NCCN1CCOCC1)C(C)(C)C. The zero-order valence-corrected chi connectivity index (χ0v) is 10.7. The van der Waals surface area contributed by atoms with Crippen molar-refractivity contribution in [3.63, 3.8) is 0 Å². The van der Waals surface area contributed by atoms with Crippen molar-refractivity contribution in [2.75, 3.05) is 39.4 Å². The van der Waals surface area contributed by atoms with E-state index in [0.29, 0.717) is 11.5 Å². The maximum atomic E-state index is 5.32. The standard InChI is InChI=1S/C12H26N2O/c1-11(12(2,3)4)13-5-6-14-7-9-15-10-8-14/h11,13H,5-10H2,1-4H3. The minimum Gasteiger partial charge on any atom is -0.379 e. The Hall–Kier alpha value is -0.120. The summed E-state index contributed by atoms with van der Waals surface area (Å²) < 4.78 is 5.32. The van der Waals surface area contributed by atoms with Crippen LogP contribution in [-0.4, -0.2) is 50.3 Å². The molecule has 1 unspecified atom stereocenters. The average molecular weight is 214 g/mol. The third-order valence-electron chi connectivity index (χ3n) is 3.28. The first-order valence-electron chi connectivity index (χ1n) is 6.03. The van der Waals surface area contributed by atoms with Crippen molar-refractivity contribution in [1.29, 1.82) is 0 Å². The largest absolute Gasteiger partial charge is 0.379 e. The molecule has 1 aliphatic rings. The van der Waals surface area contributed by atoms with Crippen molar-refractivity contribution < 1.29 is 4.74 Å². The molecule has 0 spiro atoms. The van der Waals surface area contributed by atoms with Crippen LogP contribution in [0.5, 0.6) is 0 Å². The highest BCUT2D eigenvalue weighted by Crippen LogP contribution is 2.18. The molecule has 3 heteroatoms. The molecule has 0 aromatic rings. The summed E-state index contributed by atoms with van der Waals surface area (Å²) in [6.07, 6.45) is 0. The number of rotatable bonds is 4. The second-order valence-corrected chi connectivity index (χ2v) is 5.50. The summed E-state index contributed by atoms with van der Waals surface area (Å²) >= 11 is 0. The van der Waals surface area contributed by atoms with Gasteiger partial charge in [0.25, 0.3) is 0 Å². The van der Waals surface area contributed by atoms with Gasteiger partial charge in [-0.1, -0.05) is 20.8 Å². The smallest absolute Gasteiger partial charge is 0.0594 e. The number of ether oxygens (including phenoxy) is 1. The van der Waals surface area contributed by atoms with Gasteiger partial charge in [0.2, 0.25) is 0 Å². The lowest BCUT2D eigenvalue weighted by Gasteiger charge is -2.31. The van der Waals surface area contributed by atoms with E-state index in [1.807, 2.05) is 0 Å². The van der Waals surface area contributed by atoms with Gasteiger partial charge in [-0.25, -0.2) is 0 Å². The van der Waals surface area contributed by atoms with Gasteiger partial charge in [0.05, 0.1) is 13.2 Å². The Morgan fingerprint density at radius 3 is 2.40 bits per heavy atom. The highest BCUT2D eigenvalue weighted by molar-refractivity contribution is 4.76. The van der Waals surface area contributed by atoms with Gasteiger partial charge in [0, 0.05) is 32.2 Å². The summed E-state index contributed by atoms with van der Waals surface area (Å²) in [4.78, 5) is 2.46. The van der Waals surface area contributed by atoms with E-state index in [9.17, 15) is 0 Å². The molecule has 1 fully saturated rings. The monoisotopic (exact) mass is 214 g/mol. The summed E-state index contributed by atoms with van der Waals surface area (Å²) in [6.45, 7) is 15.3. The Kier molecular flexibility index (Phi) is 5.03. The maximum Gasteiger partial charge on any atom is 0.0594 e. The summed E-state index contributed by atoms with van der Waals surface area (Å²) in [5.74, 6) is 0. The van der Waals surface area contributed by atoms with Crippen LogP contribution in [0.2, 0.25) is 0 Å². The fourth-order valence-electron chi connectivity index (χ4n) is 1.57. The molecule has 0 saturated carbocycles. The van der Waals surface area contributed by atoms with Crippen molar-refractivity contribution >= 4 is 0 Å². The van der Waals surface area contributed by atoms with Crippen LogP contribution in [0.1, 0.15) is 27.7 Å². The van der Waals surface area contributed by atoms with Crippen LogP contribution >= 0.6 is 0 Å². The number of nitrogens with one attached hydrogen (secondary N) is 1. The zero-order valence-electron chi connectivity index (χ0n) is 10.7. The van der Waals surface area contributed by atoms with Crippen molar-refractivity contribution in [3.8, 4) is 0 Å². The fraction of sp³-hybridized carbons (Fsp3) is 1.00. The van der Waals surface area contributed by atoms with Crippen LogP contribution in [0.4, 0.5) is 0 Å². The molecule has 0 radical (unpaired) electrons. The number of hydrogen-bond donors (Lipinski definition) is 1. The Balaban J connectivity index is 2.10. The molecule has 0 aliphatic carbocycles. The average Bonchev–Trinajstić information content (AvgIpc) is 2.18. The van der Waals surface area contributed by atoms with Crippen LogP contribution in [-0.2, 0) is 4.74 Å². The van der Waals surface area contributed by atoms with Gasteiger partial charge in [-0.2, -0.15) is 0 Å². The van der Waals surface area contributed by atoms with E-state index < -0.39 is 0 Å². The summed E-state index contributed by atoms with van der Waals surface area (Å²) in [6, 6.07) is 0.568. The van der Waals surface area contributed by atoms with Crippen LogP contribution < -0.4 is 5.32 Å². The van der Waals surface area contributed by atoms with Crippen molar-refractivity contribution in [2.24, 2.45) is 5.41 Å². The molecule has 1 N–H and O–H groups in total. The van der Waals surface area contributed by atoms with Gasteiger partial charge in [-0.15, -0.1) is 0 Å². The van der Waals surface area contributed by atoms with Crippen molar-refractivity contribution in [2.45, 2.75) is 33.7 Å². The predicted molar refractivity (Wildman–Crippen MR) is 64.2 cm³/mol. The number of hydrogen-bond acceptors (Lipinski definition) is 3. The van der Waals surface area contributed by atoms with Gasteiger partial charge in [-0.3, -0.25) is 4.90 Å². The lowest BCUT2D eigenvalue weighted by molar-refractivity contribution is 0.0377. The molecule has 3 nitrogen and oxygen atoms in total. The van der Waals surface area contributed by atoms with E-state index in [2.05, 4.69) is 37.9 Å². The first-order valence-corrected chi connectivity index (χ1v) is 6.03. The molecule has 1 rings (SSSR count). The van der Waals surface area contributed by atoms with E-state index in [1.54, 1.807) is 0 Å². The van der Waals surface area contributed by atoms with Gasteiger partial charge in [0.15, 0.2) is 0 Å². The normalized spacial score (nSPS) is 21.6. The lowest BCUT2D eigenvalue weighted by Crippen LogP contribution is -2.44. The van der Waals surface area contributed by atoms with Gasteiger partial charge in [-0.05, 0) is 12.3 Å². The first kappa shape index (κ1) is 12.9. The Morgan fingerprint density at radius 2 is 1.87 bits per heavy atom. The number of morpholine rings is 1. The first-order chi connectivity index (χ1) is 7.00. The molecule has 15 heavy (non-hydrogen) atoms. The molecule has 1 saturated heterocycles.